The van der Waals surface area contributed by atoms with Crippen LogP contribution >= 0.6 is 0 Å². The minimum atomic E-state index is 0.228. The van der Waals surface area contributed by atoms with Crippen LogP contribution in [-0.4, -0.2) is 5.78 Å². The van der Waals surface area contributed by atoms with Crippen LogP contribution in [0.4, 0.5) is 0 Å². The van der Waals surface area contributed by atoms with E-state index in [2.05, 4.69) is 13.8 Å². The van der Waals surface area contributed by atoms with E-state index in [-0.39, 0.29) is 5.78 Å². The van der Waals surface area contributed by atoms with Gasteiger partial charge in [0.25, 0.3) is 0 Å². The zero-order valence-electron chi connectivity index (χ0n) is 6.42. The first-order valence-corrected chi connectivity index (χ1v) is 3.61. The zero-order valence-corrected chi connectivity index (χ0v) is 6.42. The molecule has 1 heteroatoms. The molecule has 0 spiro atoms. The van der Waals surface area contributed by atoms with Gasteiger partial charge in [-0.25, -0.2) is 0 Å². The van der Waals surface area contributed by atoms with Crippen LogP contribution in [0.2, 0.25) is 0 Å². The molecule has 0 heterocycles. The van der Waals surface area contributed by atoms with Crippen molar-refractivity contribution in [1.29, 1.82) is 0 Å². The molecule has 54 valence electrons. The van der Waals surface area contributed by atoms with E-state index in [0.29, 0.717) is 12.3 Å². The minimum absolute atomic E-state index is 0.228. The van der Waals surface area contributed by atoms with E-state index in [0.717, 1.165) is 5.57 Å². The second kappa shape index (κ2) is 2.82. The summed E-state index contributed by atoms with van der Waals surface area (Å²) in [4.78, 5) is 10.9. The van der Waals surface area contributed by atoms with E-state index in [1.54, 1.807) is 6.08 Å². The molecule has 0 aliphatic heterocycles. The third-order valence-corrected chi connectivity index (χ3v) is 1.62. The Balaban J connectivity index is 2.76. The lowest BCUT2D eigenvalue weighted by atomic mass is 9.97. The SMILES string of the molecule is CC(C)C1=CC(=O)CC=C1. The topological polar surface area (TPSA) is 17.1 Å². The Hall–Kier alpha value is -0.850. The maximum atomic E-state index is 10.9. The van der Waals surface area contributed by atoms with Crippen molar-refractivity contribution in [3.63, 3.8) is 0 Å². The average molecular weight is 136 g/mol. The molecule has 0 unspecified atom stereocenters. The van der Waals surface area contributed by atoms with Crippen molar-refractivity contribution in [3.05, 3.63) is 23.8 Å². The predicted octanol–water partition coefficient (Wildman–Crippen LogP) is 2.10. The van der Waals surface area contributed by atoms with E-state index in [1.807, 2.05) is 12.2 Å². The van der Waals surface area contributed by atoms with Crippen molar-refractivity contribution in [1.82, 2.24) is 0 Å². The number of ketones is 1. The number of rotatable bonds is 1. The summed E-state index contributed by atoms with van der Waals surface area (Å²) in [7, 11) is 0. The maximum absolute atomic E-state index is 10.9. The Morgan fingerprint density at radius 1 is 1.50 bits per heavy atom. The highest BCUT2D eigenvalue weighted by molar-refractivity contribution is 5.93. The highest BCUT2D eigenvalue weighted by Crippen LogP contribution is 2.15. The highest BCUT2D eigenvalue weighted by atomic mass is 16.1. The van der Waals surface area contributed by atoms with Crippen molar-refractivity contribution < 1.29 is 4.79 Å². The Morgan fingerprint density at radius 3 is 2.60 bits per heavy atom. The largest absolute Gasteiger partial charge is 0.295 e. The molecular weight excluding hydrogens is 124 g/mol. The number of hydrogen-bond donors (Lipinski definition) is 0. The van der Waals surface area contributed by atoms with Crippen molar-refractivity contribution >= 4 is 5.78 Å². The molecule has 0 saturated carbocycles. The molecule has 0 saturated heterocycles. The van der Waals surface area contributed by atoms with Gasteiger partial charge in [-0.15, -0.1) is 0 Å². The third kappa shape index (κ3) is 1.56. The van der Waals surface area contributed by atoms with E-state index in [9.17, 15) is 4.79 Å². The standard InChI is InChI=1S/C9H12O/c1-7(2)8-4-3-5-9(10)6-8/h3-4,6-7H,5H2,1-2H3. The predicted molar refractivity (Wildman–Crippen MR) is 41.7 cm³/mol. The minimum Gasteiger partial charge on any atom is -0.295 e. The van der Waals surface area contributed by atoms with Gasteiger partial charge in [-0.1, -0.05) is 26.0 Å². The molecular formula is C9H12O. The average Bonchev–Trinajstić information content (AvgIpc) is 1.88. The van der Waals surface area contributed by atoms with Gasteiger partial charge in [0.15, 0.2) is 5.78 Å². The van der Waals surface area contributed by atoms with E-state index < -0.39 is 0 Å². The first-order valence-electron chi connectivity index (χ1n) is 3.61. The summed E-state index contributed by atoms with van der Waals surface area (Å²) in [5.74, 6) is 0.701. The Bertz CT molecular complexity index is 197. The summed E-state index contributed by atoms with van der Waals surface area (Å²) >= 11 is 0. The molecule has 0 aromatic rings. The second-order valence-electron chi connectivity index (χ2n) is 2.87. The van der Waals surface area contributed by atoms with Gasteiger partial charge in [0.1, 0.15) is 0 Å². The van der Waals surface area contributed by atoms with Crippen molar-refractivity contribution in [2.24, 2.45) is 5.92 Å². The Labute approximate surface area is 61.4 Å². The molecule has 0 radical (unpaired) electrons. The summed E-state index contributed by atoms with van der Waals surface area (Å²) in [6, 6.07) is 0. The fourth-order valence-corrected chi connectivity index (χ4v) is 0.963. The summed E-state index contributed by atoms with van der Waals surface area (Å²) in [6.45, 7) is 4.18. The summed E-state index contributed by atoms with van der Waals surface area (Å²) < 4.78 is 0. The normalized spacial score (nSPS) is 17.9. The van der Waals surface area contributed by atoms with Crippen LogP contribution in [0.5, 0.6) is 0 Å². The van der Waals surface area contributed by atoms with Gasteiger partial charge in [0.2, 0.25) is 0 Å². The molecule has 10 heavy (non-hydrogen) atoms. The molecule has 0 fully saturated rings. The van der Waals surface area contributed by atoms with E-state index >= 15 is 0 Å². The van der Waals surface area contributed by atoms with Crippen LogP contribution < -0.4 is 0 Å². The molecule has 1 aliphatic rings. The first kappa shape index (κ1) is 7.26. The number of carbonyl (C=O) groups excluding carboxylic acids is 1. The Kier molecular flexibility index (Phi) is 2.05. The molecule has 0 N–H and O–H groups in total. The van der Waals surface area contributed by atoms with Crippen molar-refractivity contribution in [3.8, 4) is 0 Å². The molecule has 0 bridgehead atoms. The van der Waals surface area contributed by atoms with Crippen molar-refractivity contribution in [2.45, 2.75) is 20.3 Å². The van der Waals surface area contributed by atoms with Crippen molar-refractivity contribution in [2.75, 3.05) is 0 Å². The van der Waals surface area contributed by atoms with E-state index in [4.69, 9.17) is 0 Å². The number of carbonyl (C=O) groups is 1. The van der Waals surface area contributed by atoms with Gasteiger partial charge in [0.05, 0.1) is 0 Å². The molecule has 1 nitrogen and oxygen atoms in total. The highest BCUT2D eigenvalue weighted by Gasteiger charge is 2.06. The lowest BCUT2D eigenvalue weighted by molar-refractivity contribution is -0.114. The maximum Gasteiger partial charge on any atom is 0.159 e. The van der Waals surface area contributed by atoms with Crippen LogP contribution in [0.1, 0.15) is 20.3 Å². The van der Waals surface area contributed by atoms with Crippen LogP contribution in [0.25, 0.3) is 0 Å². The van der Waals surface area contributed by atoms with E-state index in [1.165, 1.54) is 0 Å². The summed E-state index contributed by atoms with van der Waals surface area (Å²) in [5, 5.41) is 0. The number of hydrogen-bond acceptors (Lipinski definition) is 1. The lowest BCUT2D eigenvalue weighted by Gasteiger charge is -2.08. The van der Waals surface area contributed by atoms with Crippen LogP contribution in [0.3, 0.4) is 0 Å². The third-order valence-electron chi connectivity index (χ3n) is 1.62. The van der Waals surface area contributed by atoms with Crippen LogP contribution in [0.15, 0.2) is 23.8 Å². The monoisotopic (exact) mass is 136 g/mol. The number of allylic oxidation sites excluding steroid dienone is 4. The lowest BCUT2D eigenvalue weighted by Crippen LogP contribution is -2.01. The quantitative estimate of drug-likeness (QED) is 0.539. The fourth-order valence-electron chi connectivity index (χ4n) is 0.963. The zero-order chi connectivity index (χ0) is 7.56. The fraction of sp³-hybridized carbons (Fsp3) is 0.444. The van der Waals surface area contributed by atoms with Gasteiger partial charge >= 0.3 is 0 Å². The molecule has 1 rings (SSSR count). The molecule has 0 amide bonds. The molecule has 1 aliphatic carbocycles. The van der Waals surface area contributed by atoms with Gasteiger partial charge in [-0.3, -0.25) is 4.79 Å². The molecule has 0 aromatic heterocycles. The van der Waals surface area contributed by atoms with Gasteiger partial charge < -0.3 is 0 Å². The van der Waals surface area contributed by atoms with Crippen LogP contribution in [-0.2, 0) is 4.79 Å². The smallest absolute Gasteiger partial charge is 0.159 e. The van der Waals surface area contributed by atoms with Crippen LogP contribution in [0, 0.1) is 5.92 Å². The van der Waals surface area contributed by atoms with Gasteiger partial charge in [-0.2, -0.15) is 0 Å². The summed E-state index contributed by atoms with van der Waals surface area (Å²) in [5.41, 5.74) is 1.15. The second-order valence-corrected chi connectivity index (χ2v) is 2.87. The van der Waals surface area contributed by atoms with Gasteiger partial charge in [0, 0.05) is 6.42 Å². The van der Waals surface area contributed by atoms with Gasteiger partial charge in [-0.05, 0) is 17.6 Å². The Morgan fingerprint density at radius 2 is 2.20 bits per heavy atom. The molecule has 0 atom stereocenters. The summed E-state index contributed by atoms with van der Waals surface area (Å²) in [6.07, 6.45) is 6.28. The molecule has 0 aromatic carbocycles. The first-order chi connectivity index (χ1) is 4.70.